The van der Waals surface area contributed by atoms with Crippen molar-refractivity contribution < 1.29 is 24.6 Å². The van der Waals surface area contributed by atoms with Crippen LogP contribution < -0.4 is 5.32 Å². The van der Waals surface area contributed by atoms with Gasteiger partial charge in [0.25, 0.3) is 5.91 Å². The average Bonchev–Trinajstić information content (AvgIpc) is 3.21. The van der Waals surface area contributed by atoms with E-state index >= 15 is 0 Å². The largest absolute Gasteiger partial charge is 0.399 e. The Labute approximate surface area is 181 Å². The highest BCUT2D eigenvalue weighted by Gasteiger charge is 2.38. The molecule has 2 atom stereocenters. The van der Waals surface area contributed by atoms with Gasteiger partial charge in [-0.3, -0.25) is 9.59 Å². The first-order valence-corrected chi connectivity index (χ1v) is 10.1. The molecule has 2 amide bonds. The van der Waals surface area contributed by atoms with Crippen molar-refractivity contribution in [3.63, 3.8) is 0 Å². The molecule has 0 radical (unpaired) electrons. The predicted octanol–water partition coefficient (Wildman–Crippen LogP) is 1.35. The fraction of sp³-hybridized carbons (Fsp3) is 0.348. The normalized spacial score (nSPS) is 18.1. The molecule has 0 saturated carbocycles. The van der Waals surface area contributed by atoms with Crippen molar-refractivity contribution in [2.75, 3.05) is 26.8 Å². The molecule has 0 unspecified atom stereocenters. The van der Waals surface area contributed by atoms with Gasteiger partial charge in [-0.15, -0.1) is 0 Å². The van der Waals surface area contributed by atoms with E-state index in [9.17, 15) is 14.7 Å². The molecular formula is C23H27N3O5. The summed E-state index contributed by atoms with van der Waals surface area (Å²) in [6.45, 7) is 1.64. The van der Waals surface area contributed by atoms with Crippen LogP contribution in [0.5, 0.6) is 0 Å². The van der Waals surface area contributed by atoms with Crippen LogP contribution in [0.1, 0.15) is 22.3 Å². The summed E-state index contributed by atoms with van der Waals surface area (Å²) < 4.78 is 0. The molecular weight excluding hydrogens is 398 g/mol. The lowest BCUT2D eigenvalue weighted by Gasteiger charge is -2.24. The summed E-state index contributed by atoms with van der Waals surface area (Å²) in [6.07, 6.45) is -0.822. The predicted molar refractivity (Wildman–Crippen MR) is 117 cm³/mol. The lowest BCUT2D eigenvalue weighted by molar-refractivity contribution is -0.125. The molecule has 3 rings (SSSR count). The number of aliphatic hydroxyl groups is 2. The summed E-state index contributed by atoms with van der Waals surface area (Å²) in [7, 11) is 1.41. The average molecular weight is 425 g/mol. The van der Waals surface area contributed by atoms with Crippen molar-refractivity contribution in [3.05, 3.63) is 59.7 Å². The Hall–Kier alpha value is -3.23. The van der Waals surface area contributed by atoms with Crippen molar-refractivity contribution in [2.24, 2.45) is 5.16 Å². The molecule has 3 N–H and O–H groups in total. The summed E-state index contributed by atoms with van der Waals surface area (Å²) >= 11 is 0. The van der Waals surface area contributed by atoms with Gasteiger partial charge in [0.1, 0.15) is 13.2 Å². The number of oxime groups is 1. The molecule has 8 nitrogen and oxygen atoms in total. The van der Waals surface area contributed by atoms with E-state index in [2.05, 4.69) is 10.5 Å². The van der Waals surface area contributed by atoms with E-state index in [0.29, 0.717) is 11.3 Å². The number of hydrogen-bond donors (Lipinski definition) is 3. The van der Waals surface area contributed by atoms with Gasteiger partial charge in [-0.2, -0.15) is 0 Å². The number of amides is 2. The Balaban J connectivity index is 1.79. The number of likely N-dealkylation sites (tertiary alicyclic amines) is 1. The Morgan fingerprint density at radius 2 is 1.94 bits per heavy atom. The molecule has 0 spiro atoms. The molecule has 0 aliphatic carbocycles. The molecule has 1 heterocycles. The van der Waals surface area contributed by atoms with Gasteiger partial charge in [0, 0.05) is 18.5 Å². The van der Waals surface area contributed by atoms with Gasteiger partial charge in [-0.05, 0) is 35.7 Å². The van der Waals surface area contributed by atoms with Crippen LogP contribution in [0, 0.1) is 6.92 Å². The van der Waals surface area contributed by atoms with Crippen molar-refractivity contribution in [1.82, 2.24) is 10.2 Å². The van der Waals surface area contributed by atoms with Crippen LogP contribution >= 0.6 is 0 Å². The number of rotatable bonds is 7. The number of carbonyl (C=O) groups excluding carboxylic acids is 2. The smallest absolute Gasteiger partial charge is 0.254 e. The maximum Gasteiger partial charge on any atom is 0.254 e. The fourth-order valence-corrected chi connectivity index (χ4v) is 3.60. The minimum Gasteiger partial charge on any atom is -0.399 e. The number of nitrogens with zero attached hydrogens (tertiary/aromatic N) is 2. The zero-order chi connectivity index (χ0) is 22.4. The van der Waals surface area contributed by atoms with Gasteiger partial charge in [0.2, 0.25) is 5.91 Å². The molecule has 2 aromatic carbocycles. The zero-order valence-electron chi connectivity index (χ0n) is 17.6. The van der Waals surface area contributed by atoms with Gasteiger partial charge < -0.3 is 25.3 Å². The lowest BCUT2D eigenvalue weighted by Crippen LogP contribution is -2.47. The molecule has 31 heavy (non-hydrogen) atoms. The van der Waals surface area contributed by atoms with E-state index in [1.807, 2.05) is 43.3 Å². The van der Waals surface area contributed by atoms with Gasteiger partial charge in [0.05, 0.1) is 25.0 Å². The maximum atomic E-state index is 13.2. The highest BCUT2D eigenvalue weighted by molar-refractivity contribution is 6.05. The van der Waals surface area contributed by atoms with E-state index in [0.717, 1.165) is 16.7 Å². The third-order valence-corrected chi connectivity index (χ3v) is 5.25. The maximum absolute atomic E-state index is 13.2. The lowest BCUT2D eigenvalue weighted by atomic mass is 9.99. The third-order valence-electron chi connectivity index (χ3n) is 5.25. The van der Waals surface area contributed by atoms with E-state index in [-0.39, 0.29) is 25.4 Å². The first-order chi connectivity index (χ1) is 14.9. The quantitative estimate of drug-likeness (QED) is 0.580. The number of benzene rings is 2. The number of aliphatic hydroxyl groups excluding tert-OH is 2. The summed E-state index contributed by atoms with van der Waals surface area (Å²) in [4.78, 5) is 32.1. The minimum atomic E-state index is -1.06. The first kappa shape index (κ1) is 22.5. The van der Waals surface area contributed by atoms with E-state index in [1.165, 1.54) is 12.0 Å². The molecule has 164 valence electrons. The second-order valence-electron chi connectivity index (χ2n) is 7.47. The zero-order valence-corrected chi connectivity index (χ0v) is 17.6. The van der Waals surface area contributed by atoms with Crippen molar-refractivity contribution in [1.29, 1.82) is 0 Å². The number of aryl methyl sites for hydroxylation is 1. The van der Waals surface area contributed by atoms with Crippen LogP contribution in [0.2, 0.25) is 0 Å². The number of carbonyl (C=O) groups is 2. The highest BCUT2D eigenvalue weighted by Crippen LogP contribution is 2.25. The third kappa shape index (κ3) is 5.28. The van der Waals surface area contributed by atoms with Gasteiger partial charge in [0.15, 0.2) is 0 Å². The topological polar surface area (TPSA) is 111 Å². The summed E-state index contributed by atoms with van der Waals surface area (Å²) in [5.41, 5.74) is 4.28. The molecule has 1 saturated heterocycles. The number of nitrogens with one attached hydrogen (secondary N) is 1. The molecule has 1 fully saturated rings. The molecule has 1 aliphatic heterocycles. The number of hydrogen-bond acceptors (Lipinski definition) is 6. The summed E-state index contributed by atoms with van der Waals surface area (Å²) in [5.74, 6) is -0.709. The van der Waals surface area contributed by atoms with Gasteiger partial charge in [-0.25, -0.2) is 0 Å². The Morgan fingerprint density at radius 3 is 2.58 bits per heavy atom. The SMILES string of the molecule is CO/N=C1\C[C@@H](C(=O)NC[C@H](O)CO)N(C(=O)c2ccc(-c3ccccc3C)cc2)C1. The van der Waals surface area contributed by atoms with E-state index < -0.39 is 24.7 Å². The molecule has 1 aliphatic rings. The fourth-order valence-electron chi connectivity index (χ4n) is 3.60. The second-order valence-corrected chi connectivity index (χ2v) is 7.47. The molecule has 0 bridgehead atoms. The van der Waals surface area contributed by atoms with Crippen molar-refractivity contribution >= 4 is 17.5 Å². The van der Waals surface area contributed by atoms with Crippen LogP contribution in [0.25, 0.3) is 11.1 Å². The summed E-state index contributed by atoms with van der Waals surface area (Å²) in [6, 6.07) is 14.5. The van der Waals surface area contributed by atoms with Gasteiger partial charge in [-0.1, -0.05) is 41.6 Å². The van der Waals surface area contributed by atoms with Crippen molar-refractivity contribution in [2.45, 2.75) is 25.5 Å². The summed E-state index contributed by atoms with van der Waals surface area (Å²) in [5, 5.41) is 24.9. The van der Waals surface area contributed by atoms with Gasteiger partial charge >= 0.3 is 0 Å². The minimum absolute atomic E-state index is 0.101. The van der Waals surface area contributed by atoms with Crippen LogP contribution in [0.15, 0.2) is 53.7 Å². The van der Waals surface area contributed by atoms with E-state index in [4.69, 9.17) is 9.94 Å². The van der Waals surface area contributed by atoms with Crippen LogP contribution in [-0.2, 0) is 9.63 Å². The highest BCUT2D eigenvalue weighted by atomic mass is 16.6. The molecule has 2 aromatic rings. The Kier molecular flexibility index (Phi) is 7.38. The Bertz CT molecular complexity index is 958. The second kappa shape index (κ2) is 10.2. The van der Waals surface area contributed by atoms with Crippen LogP contribution in [0.3, 0.4) is 0 Å². The monoisotopic (exact) mass is 425 g/mol. The molecule has 8 heteroatoms. The first-order valence-electron chi connectivity index (χ1n) is 10.1. The Morgan fingerprint density at radius 1 is 1.23 bits per heavy atom. The molecule has 0 aromatic heterocycles. The standard InChI is InChI=1S/C23H27N3O5/c1-15-5-3-4-6-20(15)16-7-9-17(10-8-16)23(30)26-13-18(25-31-2)11-21(26)22(29)24-12-19(28)14-27/h3-10,19,21,27-28H,11-14H2,1-2H3,(H,24,29)/b25-18+/t19-,21-/m0/s1. The van der Waals surface area contributed by atoms with Crippen LogP contribution in [-0.4, -0.2) is 71.6 Å². The van der Waals surface area contributed by atoms with Crippen LogP contribution in [0.4, 0.5) is 0 Å². The van der Waals surface area contributed by atoms with Crippen molar-refractivity contribution in [3.8, 4) is 11.1 Å². The van der Waals surface area contributed by atoms with E-state index in [1.54, 1.807) is 12.1 Å².